The molecule has 4 bridgehead atoms. The Hall–Kier alpha value is -1.46. The van der Waals surface area contributed by atoms with Crippen LogP contribution in [0, 0.1) is 23.7 Å². The number of carbonyl (C=O) groups excluding carboxylic acids is 1. The third-order valence-electron chi connectivity index (χ3n) is 5.57. The Morgan fingerprint density at radius 3 is 2.33 bits per heavy atom. The summed E-state index contributed by atoms with van der Waals surface area (Å²) in [5.41, 5.74) is 0.0871. The SMILES string of the molecule is O=C(NC1C2CC3CC(C2)CC1C3)c1ccn(C(F)F)n1. The maximum absolute atomic E-state index is 12.5. The van der Waals surface area contributed by atoms with Crippen molar-refractivity contribution >= 4 is 5.91 Å². The van der Waals surface area contributed by atoms with Gasteiger partial charge in [0.25, 0.3) is 5.91 Å². The predicted molar refractivity (Wildman–Crippen MR) is 71.8 cm³/mol. The molecule has 1 heterocycles. The van der Waals surface area contributed by atoms with E-state index >= 15 is 0 Å². The highest BCUT2D eigenvalue weighted by atomic mass is 19.3. The van der Waals surface area contributed by atoms with E-state index < -0.39 is 6.55 Å². The highest BCUT2D eigenvalue weighted by Gasteiger charge is 2.48. The molecule has 5 rings (SSSR count). The number of carbonyl (C=O) groups is 1. The minimum absolute atomic E-state index is 0.0871. The van der Waals surface area contributed by atoms with E-state index in [1.54, 1.807) is 0 Å². The van der Waals surface area contributed by atoms with Crippen molar-refractivity contribution < 1.29 is 13.6 Å². The number of hydrogen-bond donors (Lipinski definition) is 1. The molecule has 21 heavy (non-hydrogen) atoms. The summed E-state index contributed by atoms with van der Waals surface area (Å²) in [4.78, 5) is 12.2. The second-order valence-corrected chi connectivity index (χ2v) is 6.89. The van der Waals surface area contributed by atoms with Crippen LogP contribution in [0.1, 0.15) is 49.1 Å². The van der Waals surface area contributed by atoms with Crippen molar-refractivity contribution in [3.8, 4) is 0 Å². The largest absolute Gasteiger partial charge is 0.347 e. The van der Waals surface area contributed by atoms with Crippen molar-refractivity contribution in [2.75, 3.05) is 0 Å². The quantitative estimate of drug-likeness (QED) is 0.932. The Bertz CT molecular complexity index is 529. The lowest BCUT2D eigenvalue weighted by Gasteiger charge is -2.54. The van der Waals surface area contributed by atoms with Crippen LogP contribution in [0.3, 0.4) is 0 Å². The maximum atomic E-state index is 12.5. The summed E-state index contributed by atoms with van der Waals surface area (Å²) in [6.07, 6.45) is 7.36. The van der Waals surface area contributed by atoms with E-state index in [1.807, 2.05) is 0 Å². The second kappa shape index (κ2) is 4.78. The van der Waals surface area contributed by atoms with Gasteiger partial charge in [0.1, 0.15) is 5.69 Å². The summed E-state index contributed by atoms with van der Waals surface area (Å²) in [5, 5.41) is 6.72. The normalized spacial score (nSPS) is 37.2. The summed E-state index contributed by atoms with van der Waals surface area (Å²) in [6, 6.07) is 1.57. The molecular formula is C15H19F2N3O. The first-order valence-corrected chi connectivity index (χ1v) is 7.74. The molecule has 0 radical (unpaired) electrons. The molecule has 0 aliphatic heterocycles. The topological polar surface area (TPSA) is 46.9 Å². The van der Waals surface area contributed by atoms with Gasteiger partial charge in [0.2, 0.25) is 0 Å². The van der Waals surface area contributed by atoms with Gasteiger partial charge in [-0.05, 0) is 61.8 Å². The average Bonchev–Trinajstić information content (AvgIpc) is 2.92. The molecule has 6 heteroatoms. The van der Waals surface area contributed by atoms with Crippen LogP contribution in [0.5, 0.6) is 0 Å². The van der Waals surface area contributed by atoms with Crippen molar-refractivity contribution in [1.82, 2.24) is 15.1 Å². The summed E-state index contributed by atoms with van der Waals surface area (Å²) in [6.45, 7) is -2.70. The molecule has 0 spiro atoms. The van der Waals surface area contributed by atoms with Crippen LogP contribution in [-0.2, 0) is 0 Å². The van der Waals surface area contributed by atoms with Crippen LogP contribution in [0.25, 0.3) is 0 Å². The molecule has 4 fully saturated rings. The van der Waals surface area contributed by atoms with Gasteiger partial charge in [0.15, 0.2) is 0 Å². The van der Waals surface area contributed by atoms with Gasteiger partial charge in [-0.25, -0.2) is 4.68 Å². The van der Waals surface area contributed by atoms with Gasteiger partial charge in [0.05, 0.1) is 0 Å². The lowest BCUT2D eigenvalue weighted by Crippen LogP contribution is -2.55. The van der Waals surface area contributed by atoms with Crippen molar-refractivity contribution in [3.63, 3.8) is 0 Å². The van der Waals surface area contributed by atoms with E-state index in [-0.39, 0.29) is 17.6 Å². The molecule has 114 valence electrons. The fourth-order valence-electron chi connectivity index (χ4n) is 4.95. The molecule has 4 saturated carbocycles. The maximum Gasteiger partial charge on any atom is 0.333 e. The Morgan fingerprint density at radius 2 is 1.81 bits per heavy atom. The minimum atomic E-state index is -2.70. The fourth-order valence-corrected chi connectivity index (χ4v) is 4.95. The number of nitrogens with zero attached hydrogens (tertiary/aromatic N) is 2. The van der Waals surface area contributed by atoms with Crippen molar-refractivity contribution in [2.24, 2.45) is 23.7 Å². The van der Waals surface area contributed by atoms with Gasteiger partial charge < -0.3 is 5.32 Å². The van der Waals surface area contributed by atoms with Gasteiger partial charge in [-0.1, -0.05) is 0 Å². The molecular weight excluding hydrogens is 276 g/mol. The molecule has 0 aromatic carbocycles. The number of nitrogens with one attached hydrogen (secondary N) is 1. The number of hydrogen-bond acceptors (Lipinski definition) is 2. The van der Waals surface area contributed by atoms with E-state index in [0.717, 1.165) is 18.0 Å². The van der Waals surface area contributed by atoms with Crippen LogP contribution in [0.2, 0.25) is 0 Å². The zero-order chi connectivity index (χ0) is 14.6. The molecule has 4 aliphatic rings. The van der Waals surface area contributed by atoms with Crippen molar-refractivity contribution in [2.45, 2.75) is 44.7 Å². The second-order valence-electron chi connectivity index (χ2n) is 6.89. The summed E-state index contributed by atoms with van der Waals surface area (Å²) in [7, 11) is 0. The zero-order valence-electron chi connectivity index (χ0n) is 11.7. The first-order chi connectivity index (χ1) is 10.1. The van der Waals surface area contributed by atoms with Crippen LogP contribution >= 0.6 is 0 Å². The van der Waals surface area contributed by atoms with Crippen molar-refractivity contribution in [3.05, 3.63) is 18.0 Å². The van der Waals surface area contributed by atoms with Gasteiger partial charge in [-0.3, -0.25) is 4.79 Å². The highest BCUT2D eigenvalue weighted by Crippen LogP contribution is 2.53. The molecule has 4 nitrogen and oxygen atoms in total. The molecule has 1 amide bonds. The Kier molecular flexibility index (Phi) is 3.01. The van der Waals surface area contributed by atoms with Gasteiger partial charge in [-0.2, -0.15) is 13.9 Å². The molecule has 4 aliphatic carbocycles. The first-order valence-electron chi connectivity index (χ1n) is 7.74. The lowest BCUT2D eigenvalue weighted by atomic mass is 9.54. The number of amides is 1. The van der Waals surface area contributed by atoms with Gasteiger partial charge in [-0.15, -0.1) is 0 Å². The minimum Gasteiger partial charge on any atom is -0.347 e. The van der Waals surface area contributed by atoms with E-state index in [9.17, 15) is 13.6 Å². The van der Waals surface area contributed by atoms with Crippen LogP contribution < -0.4 is 5.32 Å². The fraction of sp³-hybridized carbons (Fsp3) is 0.733. The van der Waals surface area contributed by atoms with E-state index in [1.165, 1.54) is 38.2 Å². The summed E-state index contributed by atoms with van der Waals surface area (Å²) < 4.78 is 25.5. The molecule has 1 N–H and O–H groups in total. The van der Waals surface area contributed by atoms with Crippen LogP contribution in [0.15, 0.2) is 12.3 Å². The monoisotopic (exact) mass is 295 g/mol. The van der Waals surface area contributed by atoms with Crippen LogP contribution in [0.4, 0.5) is 8.78 Å². The van der Waals surface area contributed by atoms with E-state index in [0.29, 0.717) is 16.5 Å². The van der Waals surface area contributed by atoms with Crippen LogP contribution in [-0.4, -0.2) is 21.7 Å². The number of aromatic nitrogens is 2. The van der Waals surface area contributed by atoms with Gasteiger partial charge >= 0.3 is 6.55 Å². The van der Waals surface area contributed by atoms with E-state index in [4.69, 9.17) is 0 Å². The van der Waals surface area contributed by atoms with E-state index in [2.05, 4.69) is 10.4 Å². The average molecular weight is 295 g/mol. The zero-order valence-corrected chi connectivity index (χ0v) is 11.7. The molecule has 0 atom stereocenters. The molecule has 1 aromatic rings. The summed E-state index contributed by atoms with van der Waals surface area (Å²) in [5.74, 6) is 2.52. The molecule has 0 unspecified atom stereocenters. The Morgan fingerprint density at radius 1 is 1.19 bits per heavy atom. The predicted octanol–water partition coefficient (Wildman–Crippen LogP) is 2.83. The Balaban J connectivity index is 1.47. The molecule has 1 aromatic heterocycles. The highest BCUT2D eigenvalue weighted by molar-refractivity contribution is 5.92. The third-order valence-corrected chi connectivity index (χ3v) is 5.57. The lowest BCUT2D eigenvalue weighted by molar-refractivity contribution is -0.0120. The smallest absolute Gasteiger partial charge is 0.333 e. The number of halogens is 2. The number of alkyl halides is 2. The van der Waals surface area contributed by atoms with Gasteiger partial charge in [0, 0.05) is 12.2 Å². The first kappa shape index (κ1) is 13.2. The Labute approximate surface area is 121 Å². The standard InChI is InChI=1S/C15H19F2N3O/c16-15(17)20-2-1-12(19-20)14(21)18-13-10-4-8-3-9(6-10)7-11(13)5-8/h1-2,8-11,13,15H,3-7H2,(H,18,21). The third kappa shape index (κ3) is 2.24. The number of rotatable bonds is 3. The summed E-state index contributed by atoms with van der Waals surface area (Å²) >= 11 is 0. The van der Waals surface area contributed by atoms with Crippen molar-refractivity contribution in [1.29, 1.82) is 0 Å². The molecule has 0 saturated heterocycles.